The Balaban J connectivity index is 2.18. The molecule has 0 N–H and O–H groups in total. The molecule has 0 saturated heterocycles. The standard InChI is InChI=1S/C12H10BrClN2O/c13-6-7-5-10(14)16-12-9(17-8-1-2-8)3-4-15-11(7)12/h3-5,8H,1-2,6H2. The number of halogens is 2. The van der Waals surface area contributed by atoms with E-state index < -0.39 is 0 Å². The van der Waals surface area contributed by atoms with Crippen molar-refractivity contribution in [1.29, 1.82) is 0 Å². The molecule has 1 saturated carbocycles. The molecule has 0 aliphatic heterocycles. The number of nitrogens with zero attached hydrogens (tertiary/aromatic N) is 2. The summed E-state index contributed by atoms with van der Waals surface area (Å²) in [4.78, 5) is 8.67. The minimum absolute atomic E-state index is 0.341. The van der Waals surface area contributed by atoms with E-state index >= 15 is 0 Å². The summed E-state index contributed by atoms with van der Waals surface area (Å²) in [5.41, 5.74) is 2.63. The fraction of sp³-hybridized carbons (Fsp3) is 0.333. The molecule has 0 amide bonds. The predicted octanol–water partition coefficient (Wildman–Crippen LogP) is 3.72. The molecule has 5 heteroatoms. The first-order valence-corrected chi connectivity index (χ1v) is 6.94. The van der Waals surface area contributed by atoms with E-state index in [2.05, 4.69) is 25.9 Å². The van der Waals surface area contributed by atoms with Crippen LogP contribution in [0.4, 0.5) is 0 Å². The van der Waals surface area contributed by atoms with Gasteiger partial charge in [0.1, 0.15) is 16.4 Å². The number of hydrogen-bond donors (Lipinski definition) is 0. The van der Waals surface area contributed by atoms with Gasteiger partial charge >= 0.3 is 0 Å². The Bertz CT molecular complexity index is 572. The van der Waals surface area contributed by atoms with Gasteiger partial charge in [-0.3, -0.25) is 4.98 Å². The topological polar surface area (TPSA) is 35.0 Å². The fourth-order valence-corrected chi connectivity index (χ4v) is 2.34. The molecule has 2 aromatic heterocycles. The van der Waals surface area contributed by atoms with E-state index in [0.29, 0.717) is 16.6 Å². The van der Waals surface area contributed by atoms with Gasteiger partial charge in [0.05, 0.1) is 11.6 Å². The van der Waals surface area contributed by atoms with Gasteiger partial charge in [0.25, 0.3) is 0 Å². The second-order valence-corrected chi connectivity index (χ2v) is 5.01. The minimum atomic E-state index is 0.341. The summed E-state index contributed by atoms with van der Waals surface area (Å²) in [5, 5.41) is 1.17. The normalized spacial score (nSPS) is 15.2. The maximum absolute atomic E-state index is 6.01. The van der Waals surface area contributed by atoms with Crippen molar-refractivity contribution in [3.8, 4) is 5.75 Å². The molecule has 0 bridgehead atoms. The molecule has 0 aromatic carbocycles. The summed E-state index contributed by atoms with van der Waals surface area (Å²) < 4.78 is 5.82. The smallest absolute Gasteiger partial charge is 0.149 e. The van der Waals surface area contributed by atoms with Gasteiger partial charge in [-0.1, -0.05) is 27.5 Å². The van der Waals surface area contributed by atoms with E-state index in [-0.39, 0.29) is 0 Å². The van der Waals surface area contributed by atoms with Crippen molar-refractivity contribution in [1.82, 2.24) is 9.97 Å². The third-order valence-electron chi connectivity index (χ3n) is 2.67. The molecular formula is C12H10BrClN2O. The Kier molecular flexibility index (Phi) is 2.92. The summed E-state index contributed by atoms with van der Waals surface area (Å²) in [6.45, 7) is 0. The van der Waals surface area contributed by atoms with E-state index in [9.17, 15) is 0 Å². The third kappa shape index (κ3) is 2.24. The summed E-state index contributed by atoms with van der Waals surface area (Å²) in [7, 11) is 0. The Morgan fingerprint density at radius 2 is 2.24 bits per heavy atom. The lowest BCUT2D eigenvalue weighted by Gasteiger charge is -2.09. The molecule has 17 heavy (non-hydrogen) atoms. The van der Waals surface area contributed by atoms with Gasteiger partial charge in [0.15, 0.2) is 0 Å². The maximum Gasteiger partial charge on any atom is 0.149 e. The zero-order valence-electron chi connectivity index (χ0n) is 8.99. The number of alkyl halides is 1. The Labute approximate surface area is 112 Å². The summed E-state index contributed by atoms with van der Waals surface area (Å²) in [6.07, 6.45) is 4.33. The largest absolute Gasteiger partial charge is 0.488 e. The average molecular weight is 314 g/mol. The highest BCUT2D eigenvalue weighted by atomic mass is 79.9. The van der Waals surface area contributed by atoms with Crippen LogP contribution in [-0.2, 0) is 5.33 Å². The highest BCUT2D eigenvalue weighted by Crippen LogP contribution is 2.32. The minimum Gasteiger partial charge on any atom is -0.488 e. The van der Waals surface area contributed by atoms with Crippen molar-refractivity contribution < 1.29 is 4.74 Å². The van der Waals surface area contributed by atoms with Crippen molar-refractivity contribution in [2.75, 3.05) is 0 Å². The number of rotatable bonds is 3. The molecule has 0 unspecified atom stereocenters. The zero-order chi connectivity index (χ0) is 11.8. The van der Waals surface area contributed by atoms with Crippen molar-refractivity contribution in [2.45, 2.75) is 24.3 Å². The molecule has 3 nitrogen and oxygen atoms in total. The van der Waals surface area contributed by atoms with Crippen molar-refractivity contribution in [2.24, 2.45) is 0 Å². The van der Waals surface area contributed by atoms with Gasteiger partial charge in [-0.15, -0.1) is 0 Å². The number of ether oxygens (including phenoxy) is 1. The van der Waals surface area contributed by atoms with E-state index in [4.69, 9.17) is 16.3 Å². The molecule has 0 spiro atoms. The molecule has 2 aromatic rings. The van der Waals surface area contributed by atoms with Crippen LogP contribution in [0.5, 0.6) is 5.75 Å². The van der Waals surface area contributed by atoms with E-state index in [1.807, 2.05) is 12.1 Å². The van der Waals surface area contributed by atoms with Gasteiger partial charge in [0.2, 0.25) is 0 Å². The van der Waals surface area contributed by atoms with Crippen LogP contribution in [0.15, 0.2) is 18.3 Å². The maximum atomic E-state index is 6.01. The summed E-state index contributed by atoms with van der Waals surface area (Å²) in [5.74, 6) is 0.780. The fourth-order valence-electron chi connectivity index (χ4n) is 1.69. The van der Waals surface area contributed by atoms with Crippen LogP contribution >= 0.6 is 27.5 Å². The number of fused-ring (bicyclic) bond motifs is 1. The van der Waals surface area contributed by atoms with Crippen LogP contribution in [0.3, 0.4) is 0 Å². The van der Waals surface area contributed by atoms with Crippen molar-refractivity contribution in [3.05, 3.63) is 29.0 Å². The predicted molar refractivity (Wildman–Crippen MR) is 70.8 cm³/mol. The quantitative estimate of drug-likeness (QED) is 0.640. The molecule has 1 aliphatic rings. The first kappa shape index (κ1) is 11.2. The van der Waals surface area contributed by atoms with E-state index in [1.165, 1.54) is 0 Å². The van der Waals surface area contributed by atoms with Gasteiger partial charge in [-0.2, -0.15) is 0 Å². The lowest BCUT2D eigenvalue weighted by Crippen LogP contribution is -1.99. The average Bonchev–Trinajstić information content (AvgIpc) is 3.13. The van der Waals surface area contributed by atoms with Gasteiger partial charge in [-0.25, -0.2) is 4.98 Å². The number of pyridine rings is 2. The lowest BCUT2D eigenvalue weighted by atomic mass is 10.2. The first-order valence-electron chi connectivity index (χ1n) is 5.44. The van der Waals surface area contributed by atoms with Crippen LogP contribution in [-0.4, -0.2) is 16.1 Å². The van der Waals surface area contributed by atoms with E-state index in [1.54, 1.807) is 6.20 Å². The molecule has 1 fully saturated rings. The lowest BCUT2D eigenvalue weighted by molar-refractivity contribution is 0.306. The van der Waals surface area contributed by atoms with Crippen molar-refractivity contribution >= 4 is 38.6 Å². The highest BCUT2D eigenvalue weighted by molar-refractivity contribution is 9.08. The van der Waals surface area contributed by atoms with Crippen LogP contribution in [0.1, 0.15) is 18.4 Å². The number of hydrogen-bond acceptors (Lipinski definition) is 3. The van der Waals surface area contributed by atoms with Crippen LogP contribution < -0.4 is 4.74 Å². The first-order chi connectivity index (χ1) is 8.28. The zero-order valence-corrected chi connectivity index (χ0v) is 11.3. The summed E-state index contributed by atoms with van der Waals surface area (Å²) >= 11 is 9.44. The Morgan fingerprint density at radius 3 is 2.94 bits per heavy atom. The van der Waals surface area contributed by atoms with Crippen LogP contribution in [0.2, 0.25) is 5.15 Å². The van der Waals surface area contributed by atoms with Crippen molar-refractivity contribution in [3.63, 3.8) is 0 Å². The second kappa shape index (κ2) is 4.42. The molecule has 88 valence electrons. The second-order valence-electron chi connectivity index (χ2n) is 4.06. The van der Waals surface area contributed by atoms with Crippen LogP contribution in [0.25, 0.3) is 11.0 Å². The molecule has 1 aliphatic carbocycles. The highest BCUT2D eigenvalue weighted by Gasteiger charge is 2.24. The molecular weight excluding hydrogens is 304 g/mol. The van der Waals surface area contributed by atoms with E-state index in [0.717, 1.165) is 35.2 Å². The Morgan fingerprint density at radius 1 is 1.41 bits per heavy atom. The SMILES string of the molecule is Clc1cc(CBr)c2nccc(OC3CC3)c2n1. The number of aromatic nitrogens is 2. The van der Waals surface area contributed by atoms with Gasteiger partial charge in [-0.05, 0) is 24.5 Å². The molecule has 0 radical (unpaired) electrons. The third-order valence-corrected chi connectivity index (χ3v) is 3.46. The molecule has 2 heterocycles. The summed E-state index contributed by atoms with van der Waals surface area (Å²) in [6, 6.07) is 3.68. The van der Waals surface area contributed by atoms with Gasteiger partial charge in [0, 0.05) is 17.6 Å². The Hall–Kier alpha value is -0.870. The van der Waals surface area contributed by atoms with Crippen LogP contribution in [0, 0.1) is 0 Å². The monoisotopic (exact) mass is 312 g/mol. The van der Waals surface area contributed by atoms with Gasteiger partial charge < -0.3 is 4.74 Å². The molecule has 3 rings (SSSR count). The molecule has 0 atom stereocenters.